The highest BCUT2D eigenvalue weighted by atomic mass is 35.5. The van der Waals surface area contributed by atoms with E-state index in [2.05, 4.69) is 10.4 Å². The predicted molar refractivity (Wildman–Crippen MR) is 105 cm³/mol. The SMILES string of the molecule is CC(C)(C)C(=O)N1CCN(C(=O)Nc2ccc(-n3cccn3)c(Cl)c2)CC1. The van der Waals surface area contributed by atoms with Gasteiger partial charge in [-0.05, 0) is 24.3 Å². The van der Waals surface area contributed by atoms with Crippen LogP contribution in [-0.2, 0) is 4.79 Å². The van der Waals surface area contributed by atoms with Gasteiger partial charge >= 0.3 is 6.03 Å². The zero-order valence-corrected chi connectivity index (χ0v) is 16.5. The monoisotopic (exact) mass is 389 g/mol. The Morgan fingerprint density at radius 1 is 1.11 bits per heavy atom. The molecule has 1 aromatic carbocycles. The fourth-order valence-electron chi connectivity index (χ4n) is 2.97. The first-order chi connectivity index (χ1) is 12.8. The van der Waals surface area contributed by atoms with Crippen molar-refractivity contribution in [2.24, 2.45) is 5.41 Å². The smallest absolute Gasteiger partial charge is 0.321 e. The van der Waals surface area contributed by atoms with Crippen LogP contribution < -0.4 is 5.32 Å². The Morgan fingerprint density at radius 3 is 2.33 bits per heavy atom. The summed E-state index contributed by atoms with van der Waals surface area (Å²) in [6, 6.07) is 6.93. The molecule has 1 N–H and O–H groups in total. The molecule has 0 spiro atoms. The summed E-state index contributed by atoms with van der Waals surface area (Å²) in [4.78, 5) is 28.4. The molecule has 0 atom stereocenters. The molecule has 1 fully saturated rings. The second kappa shape index (κ2) is 7.60. The summed E-state index contributed by atoms with van der Waals surface area (Å²) >= 11 is 6.32. The Kier molecular flexibility index (Phi) is 5.41. The van der Waals surface area contributed by atoms with Crippen LogP contribution in [0.2, 0.25) is 5.02 Å². The van der Waals surface area contributed by atoms with E-state index in [0.29, 0.717) is 36.9 Å². The Morgan fingerprint density at radius 2 is 1.78 bits per heavy atom. The van der Waals surface area contributed by atoms with E-state index in [0.717, 1.165) is 5.69 Å². The standard InChI is InChI=1S/C19H24ClN5O2/c1-19(2,3)17(26)23-9-11-24(12-10-23)18(27)22-14-5-6-16(15(20)13-14)25-8-4-7-21-25/h4-8,13H,9-12H2,1-3H3,(H,22,27). The first kappa shape index (κ1) is 19.2. The van der Waals surface area contributed by atoms with Gasteiger partial charge in [0.25, 0.3) is 0 Å². The Balaban J connectivity index is 1.59. The van der Waals surface area contributed by atoms with Crippen molar-refractivity contribution in [3.05, 3.63) is 41.7 Å². The molecule has 0 unspecified atom stereocenters. The molecule has 7 nitrogen and oxygen atoms in total. The first-order valence-electron chi connectivity index (χ1n) is 8.90. The molecule has 1 aliphatic heterocycles. The van der Waals surface area contributed by atoms with Gasteiger partial charge in [-0.3, -0.25) is 4.79 Å². The van der Waals surface area contributed by atoms with E-state index in [-0.39, 0.29) is 11.9 Å². The van der Waals surface area contributed by atoms with Crippen LogP contribution in [0.25, 0.3) is 5.69 Å². The van der Waals surface area contributed by atoms with Gasteiger partial charge in [0, 0.05) is 49.7 Å². The average Bonchev–Trinajstić information content (AvgIpc) is 3.15. The number of hydrogen-bond donors (Lipinski definition) is 1. The summed E-state index contributed by atoms with van der Waals surface area (Å²) in [6.07, 6.45) is 3.48. The number of piperazine rings is 1. The predicted octanol–water partition coefficient (Wildman–Crippen LogP) is 3.25. The topological polar surface area (TPSA) is 70.5 Å². The number of nitrogens with one attached hydrogen (secondary N) is 1. The molecular weight excluding hydrogens is 366 g/mol. The third kappa shape index (κ3) is 4.42. The maximum atomic E-state index is 12.5. The highest BCUT2D eigenvalue weighted by Crippen LogP contribution is 2.24. The minimum absolute atomic E-state index is 0.114. The van der Waals surface area contributed by atoms with Crippen molar-refractivity contribution in [2.75, 3.05) is 31.5 Å². The van der Waals surface area contributed by atoms with Gasteiger partial charge in [-0.15, -0.1) is 0 Å². The largest absolute Gasteiger partial charge is 0.339 e. The van der Waals surface area contributed by atoms with Crippen molar-refractivity contribution in [3.63, 3.8) is 0 Å². The summed E-state index contributed by atoms with van der Waals surface area (Å²) in [7, 11) is 0. The number of urea groups is 1. The molecule has 3 rings (SSSR count). The molecule has 0 saturated carbocycles. The van der Waals surface area contributed by atoms with Crippen LogP contribution in [0.4, 0.5) is 10.5 Å². The molecule has 0 bridgehead atoms. The zero-order valence-electron chi connectivity index (χ0n) is 15.8. The number of anilines is 1. The lowest BCUT2D eigenvalue weighted by molar-refractivity contribution is -0.140. The molecule has 2 aromatic rings. The summed E-state index contributed by atoms with van der Waals surface area (Å²) in [5, 5.41) is 7.52. The average molecular weight is 390 g/mol. The van der Waals surface area contributed by atoms with Gasteiger partial charge in [-0.2, -0.15) is 5.10 Å². The van der Waals surface area contributed by atoms with Crippen LogP contribution in [0.1, 0.15) is 20.8 Å². The van der Waals surface area contributed by atoms with E-state index in [1.807, 2.05) is 37.8 Å². The molecular formula is C19H24ClN5O2. The molecule has 0 radical (unpaired) electrons. The molecule has 144 valence electrons. The number of halogens is 1. The van der Waals surface area contributed by atoms with Crippen LogP contribution in [0.15, 0.2) is 36.7 Å². The number of nitrogens with zero attached hydrogens (tertiary/aromatic N) is 4. The van der Waals surface area contributed by atoms with Gasteiger partial charge in [0.2, 0.25) is 5.91 Å². The quantitative estimate of drug-likeness (QED) is 0.857. The molecule has 1 aromatic heterocycles. The minimum Gasteiger partial charge on any atom is -0.339 e. The number of carbonyl (C=O) groups is 2. The second-order valence-corrected chi connectivity index (χ2v) is 7.98. The zero-order chi connectivity index (χ0) is 19.6. The van der Waals surface area contributed by atoms with E-state index < -0.39 is 5.41 Å². The van der Waals surface area contributed by atoms with Gasteiger partial charge < -0.3 is 15.1 Å². The van der Waals surface area contributed by atoms with Gasteiger partial charge in [-0.1, -0.05) is 32.4 Å². The molecule has 1 saturated heterocycles. The number of aromatic nitrogens is 2. The third-order valence-electron chi connectivity index (χ3n) is 4.45. The van der Waals surface area contributed by atoms with E-state index in [4.69, 9.17) is 11.6 Å². The molecule has 8 heteroatoms. The molecule has 0 aliphatic carbocycles. The van der Waals surface area contributed by atoms with Gasteiger partial charge in [-0.25, -0.2) is 9.48 Å². The summed E-state index contributed by atoms with van der Waals surface area (Å²) in [6.45, 7) is 7.83. The maximum Gasteiger partial charge on any atom is 0.321 e. The van der Waals surface area contributed by atoms with Crippen molar-refractivity contribution in [3.8, 4) is 5.69 Å². The summed E-state index contributed by atoms with van der Waals surface area (Å²) < 4.78 is 1.67. The van der Waals surface area contributed by atoms with Gasteiger partial charge in [0.15, 0.2) is 0 Å². The van der Waals surface area contributed by atoms with Crippen LogP contribution in [-0.4, -0.2) is 57.7 Å². The third-order valence-corrected chi connectivity index (χ3v) is 4.75. The van der Waals surface area contributed by atoms with Crippen molar-refractivity contribution >= 4 is 29.2 Å². The second-order valence-electron chi connectivity index (χ2n) is 7.58. The normalized spacial score (nSPS) is 15.0. The highest BCUT2D eigenvalue weighted by Gasteiger charge is 2.30. The van der Waals surface area contributed by atoms with Gasteiger partial charge in [0.05, 0.1) is 10.7 Å². The van der Waals surface area contributed by atoms with E-state index in [9.17, 15) is 9.59 Å². The van der Waals surface area contributed by atoms with Crippen LogP contribution in [0.5, 0.6) is 0 Å². The number of amides is 3. The molecule has 2 heterocycles. The number of hydrogen-bond acceptors (Lipinski definition) is 3. The lowest BCUT2D eigenvalue weighted by Gasteiger charge is -2.37. The Hall–Kier alpha value is -2.54. The van der Waals surface area contributed by atoms with Crippen molar-refractivity contribution in [1.29, 1.82) is 0 Å². The summed E-state index contributed by atoms with van der Waals surface area (Å²) in [5.74, 6) is 0.114. The van der Waals surface area contributed by atoms with E-state index >= 15 is 0 Å². The lowest BCUT2D eigenvalue weighted by Crippen LogP contribution is -2.53. The van der Waals surface area contributed by atoms with Gasteiger partial charge in [0.1, 0.15) is 0 Å². The van der Waals surface area contributed by atoms with E-state index in [1.54, 1.807) is 34.1 Å². The lowest BCUT2D eigenvalue weighted by atomic mass is 9.94. The maximum absolute atomic E-state index is 12.5. The molecule has 27 heavy (non-hydrogen) atoms. The number of carbonyl (C=O) groups excluding carboxylic acids is 2. The Bertz CT molecular complexity index is 821. The van der Waals surface area contributed by atoms with Crippen LogP contribution in [0, 0.1) is 5.41 Å². The first-order valence-corrected chi connectivity index (χ1v) is 9.28. The number of rotatable bonds is 2. The fourth-order valence-corrected chi connectivity index (χ4v) is 3.24. The highest BCUT2D eigenvalue weighted by molar-refractivity contribution is 6.32. The summed E-state index contributed by atoms with van der Waals surface area (Å²) in [5.41, 5.74) is 0.959. The Labute approximate surface area is 163 Å². The van der Waals surface area contributed by atoms with Crippen molar-refractivity contribution < 1.29 is 9.59 Å². The van der Waals surface area contributed by atoms with Crippen molar-refractivity contribution in [2.45, 2.75) is 20.8 Å². The minimum atomic E-state index is -0.405. The number of benzene rings is 1. The molecule has 1 aliphatic rings. The van der Waals surface area contributed by atoms with Crippen LogP contribution in [0.3, 0.4) is 0 Å². The van der Waals surface area contributed by atoms with Crippen molar-refractivity contribution in [1.82, 2.24) is 19.6 Å². The van der Waals surface area contributed by atoms with E-state index in [1.165, 1.54) is 0 Å². The van der Waals surface area contributed by atoms with Crippen LogP contribution >= 0.6 is 11.6 Å². The fraction of sp³-hybridized carbons (Fsp3) is 0.421. The molecule has 3 amide bonds.